The zero-order valence-corrected chi connectivity index (χ0v) is 13.8. The Kier molecular flexibility index (Phi) is 4.31. The molecule has 2 rings (SSSR count). The monoisotopic (exact) mass is 393 g/mol. The standard InChI is InChI=1S/C12H10Br2ClNS/c1-6-3-2-4-7(10(6)15)11(16)8-5-9(13)17-12(8)14/h2-5,11H,16H2,1H3. The van der Waals surface area contributed by atoms with E-state index in [4.69, 9.17) is 17.3 Å². The smallest absolute Gasteiger partial charge is 0.0761 e. The lowest BCUT2D eigenvalue weighted by molar-refractivity contribution is 0.871. The van der Waals surface area contributed by atoms with Gasteiger partial charge in [0.25, 0.3) is 0 Å². The average molecular weight is 396 g/mol. The third-order valence-corrected chi connectivity index (χ3v) is 5.48. The molecule has 1 aromatic heterocycles. The molecule has 1 nitrogen and oxygen atoms in total. The van der Waals surface area contributed by atoms with Gasteiger partial charge in [0.1, 0.15) is 0 Å². The van der Waals surface area contributed by atoms with Gasteiger partial charge in [-0.05, 0) is 61.5 Å². The summed E-state index contributed by atoms with van der Waals surface area (Å²) in [5, 5.41) is 0.745. The molecule has 0 aliphatic heterocycles. The van der Waals surface area contributed by atoms with Crippen LogP contribution in [-0.4, -0.2) is 0 Å². The summed E-state index contributed by atoms with van der Waals surface area (Å²) in [5.41, 5.74) is 9.32. The van der Waals surface area contributed by atoms with Crippen LogP contribution >= 0.6 is 54.8 Å². The maximum atomic E-state index is 6.29. The van der Waals surface area contributed by atoms with Gasteiger partial charge in [-0.1, -0.05) is 29.8 Å². The van der Waals surface area contributed by atoms with Crippen molar-refractivity contribution in [2.24, 2.45) is 5.73 Å². The molecule has 5 heteroatoms. The molecule has 1 atom stereocenters. The second-order valence-corrected chi connectivity index (χ2v) is 7.86. The van der Waals surface area contributed by atoms with Crippen molar-refractivity contribution in [1.29, 1.82) is 0 Å². The number of benzene rings is 1. The van der Waals surface area contributed by atoms with Gasteiger partial charge in [-0.15, -0.1) is 11.3 Å². The summed E-state index contributed by atoms with van der Waals surface area (Å²) >= 11 is 14.9. The van der Waals surface area contributed by atoms with Gasteiger partial charge in [0.05, 0.1) is 13.6 Å². The van der Waals surface area contributed by atoms with Crippen molar-refractivity contribution in [2.75, 3.05) is 0 Å². The van der Waals surface area contributed by atoms with Crippen molar-refractivity contribution in [3.63, 3.8) is 0 Å². The van der Waals surface area contributed by atoms with Crippen LogP contribution in [0.1, 0.15) is 22.7 Å². The van der Waals surface area contributed by atoms with Crippen LogP contribution in [0.25, 0.3) is 0 Å². The van der Waals surface area contributed by atoms with Crippen molar-refractivity contribution in [2.45, 2.75) is 13.0 Å². The topological polar surface area (TPSA) is 26.0 Å². The number of nitrogens with two attached hydrogens (primary N) is 1. The van der Waals surface area contributed by atoms with Crippen molar-refractivity contribution >= 4 is 54.8 Å². The van der Waals surface area contributed by atoms with Gasteiger partial charge < -0.3 is 5.73 Å². The highest BCUT2D eigenvalue weighted by Gasteiger charge is 2.18. The highest BCUT2D eigenvalue weighted by atomic mass is 79.9. The first-order valence-electron chi connectivity index (χ1n) is 4.96. The fourth-order valence-electron chi connectivity index (χ4n) is 1.64. The molecule has 0 fully saturated rings. The number of rotatable bonds is 2. The second kappa shape index (κ2) is 5.41. The summed E-state index contributed by atoms with van der Waals surface area (Å²) in [6, 6.07) is 7.75. The van der Waals surface area contributed by atoms with Gasteiger partial charge in [-0.3, -0.25) is 0 Å². The molecule has 0 amide bonds. The van der Waals surface area contributed by atoms with E-state index in [1.165, 1.54) is 0 Å². The molecular formula is C12H10Br2ClNS. The average Bonchev–Trinajstić information content (AvgIpc) is 2.61. The lowest BCUT2D eigenvalue weighted by Gasteiger charge is -2.14. The van der Waals surface area contributed by atoms with Crippen molar-refractivity contribution < 1.29 is 0 Å². The first-order chi connectivity index (χ1) is 8.00. The molecule has 2 N–H and O–H groups in total. The number of hydrogen-bond acceptors (Lipinski definition) is 2. The predicted octanol–water partition coefficient (Wildman–Crippen LogP) is 5.28. The highest BCUT2D eigenvalue weighted by molar-refractivity contribution is 9.12. The Morgan fingerprint density at radius 1 is 1.29 bits per heavy atom. The number of halogens is 3. The molecule has 1 heterocycles. The van der Waals surface area contributed by atoms with E-state index in [0.29, 0.717) is 0 Å². The minimum atomic E-state index is -0.209. The number of aryl methyl sites for hydroxylation is 1. The quantitative estimate of drug-likeness (QED) is 0.735. The normalized spacial score (nSPS) is 12.8. The summed E-state index contributed by atoms with van der Waals surface area (Å²) in [7, 11) is 0. The molecule has 1 unspecified atom stereocenters. The zero-order valence-electron chi connectivity index (χ0n) is 9.01. The SMILES string of the molecule is Cc1cccc(C(N)c2cc(Br)sc2Br)c1Cl. The molecule has 0 bridgehead atoms. The van der Waals surface area contributed by atoms with Gasteiger partial charge in [0, 0.05) is 5.02 Å². The summed E-state index contributed by atoms with van der Waals surface area (Å²) < 4.78 is 2.09. The van der Waals surface area contributed by atoms with Crippen LogP contribution in [0.3, 0.4) is 0 Å². The molecule has 0 aliphatic carbocycles. The van der Waals surface area contributed by atoms with Gasteiger partial charge >= 0.3 is 0 Å². The van der Waals surface area contributed by atoms with E-state index < -0.39 is 0 Å². The van der Waals surface area contributed by atoms with Crippen LogP contribution in [0.2, 0.25) is 5.02 Å². The summed E-state index contributed by atoms with van der Waals surface area (Å²) in [5.74, 6) is 0. The van der Waals surface area contributed by atoms with Gasteiger partial charge in [-0.25, -0.2) is 0 Å². The molecule has 90 valence electrons. The fraction of sp³-hybridized carbons (Fsp3) is 0.167. The largest absolute Gasteiger partial charge is 0.320 e. The Morgan fingerprint density at radius 3 is 2.59 bits per heavy atom. The fourth-order valence-corrected chi connectivity index (χ4v) is 4.82. The van der Waals surface area contributed by atoms with E-state index in [1.54, 1.807) is 11.3 Å². The minimum Gasteiger partial charge on any atom is -0.320 e. The van der Waals surface area contributed by atoms with E-state index in [-0.39, 0.29) is 6.04 Å². The first kappa shape index (κ1) is 13.6. The highest BCUT2D eigenvalue weighted by Crippen LogP contribution is 2.38. The Bertz CT molecular complexity index is 553. The summed E-state index contributed by atoms with van der Waals surface area (Å²) in [4.78, 5) is 0. The van der Waals surface area contributed by atoms with Crippen LogP contribution in [0, 0.1) is 6.92 Å². The Balaban J connectivity index is 2.47. The van der Waals surface area contributed by atoms with Crippen molar-refractivity contribution in [1.82, 2.24) is 0 Å². The third-order valence-electron chi connectivity index (χ3n) is 2.57. The van der Waals surface area contributed by atoms with Crippen LogP contribution in [0.15, 0.2) is 31.8 Å². The summed E-state index contributed by atoms with van der Waals surface area (Å²) in [6.45, 7) is 1.98. The molecular weight excluding hydrogens is 385 g/mol. The molecule has 0 saturated heterocycles. The minimum absolute atomic E-state index is 0.209. The summed E-state index contributed by atoms with van der Waals surface area (Å²) in [6.07, 6.45) is 0. The molecule has 1 aromatic carbocycles. The van der Waals surface area contributed by atoms with Crippen molar-refractivity contribution in [3.8, 4) is 0 Å². The van der Waals surface area contributed by atoms with Crippen LogP contribution in [0.4, 0.5) is 0 Å². The lowest BCUT2D eigenvalue weighted by atomic mass is 10.0. The number of thiophene rings is 1. The molecule has 0 saturated carbocycles. The van der Waals surface area contributed by atoms with Gasteiger partial charge in [0.2, 0.25) is 0 Å². The van der Waals surface area contributed by atoms with Crippen LogP contribution in [-0.2, 0) is 0 Å². The van der Waals surface area contributed by atoms with Gasteiger partial charge in [-0.2, -0.15) is 0 Å². The van der Waals surface area contributed by atoms with E-state index in [0.717, 1.165) is 29.3 Å². The Hall–Kier alpha value is 0.130. The Labute approximate surface area is 126 Å². The van der Waals surface area contributed by atoms with E-state index >= 15 is 0 Å². The molecule has 0 aliphatic rings. The van der Waals surface area contributed by atoms with E-state index in [2.05, 4.69) is 31.9 Å². The molecule has 0 radical (unpaired) electrons. The van der Waals surface area contributed by atoms with Crippen molar-refractivity contribution in [3.05, 3.63) is 53.6 Å². The third kappa shape index (κ3) is 2.76. The maximum absolute atomic E-state index is 6.29. The first-order valence-corrected chi connectivity index (χ1v) is 7.74. The van der Waals surface area contributed by atoms with E-state index in [1.807, 2.05) is 31.2 Å². The van der Waals surface area contributed by atoms with Crippen LogP contribution < -0.4 is 5.73 Å². The predicted molar refractivity (Wildman–Crippen MR) is 81.9 cm³/mol. The maximum Gasteiger partial charge on any atom is 0.0761 e. The van der Waals surface area contributed by atoms with E-state index in [9.17, 15) is 0 Å². The molecule has 17 heavy (non-hydrogen) atoms. The number of hydrogen-bond donors (Lipinski definition) is 1. The van der Waals surface area contributed by atoms with Crippen LogP contribution in [0.5, 0.6) is 0 Å². The zero-order chi connectivity index (χ0) is 12.6. The Morgan fingerprint density at radius 2 is 2.00 bits per heavy atom. The molecule has 0 spiro atoms. The lowest BCUT2D eigenvalue weighted by Crippen LogP contribution is -2.12. The van der Waals surface area contributed by atoms with Gasteiger partial charge in [0.15, 0.2) is 0 Å². The molecule has 2 aromatic rings. The second-order valence-electron chi connectivity index (χ2n) is 3.74.